The summed E-state index contributed by atoms with van der Waals surface area (Å²) in [4.78, 5) is 3.64. The molecule has 1 aromatic carbocycles. The van der Waals surface area contributed by atoms with E-state index in [1.54, 1.807) is 12.3 Å². The maximum atomic E-state index is 12.7. The molecule has 2 aromatic rings. The molecule has 0 bridgehead atoms. The van der Waals surface area contributed by atoms with Crippen LogP contribution in [-0.4, -0.2) is 22.7 Å². The molecule has 3 nitrogen and oxygen atoms in total. The Labute approximate surface area is 124 Å². The molecule has 2 unspecified atom stereocenters. The molecule has 112 valence electrons. The first-order chi connectivity index (χ1) is 10.1. The summed E-state index contributed by atoms with van der Waals surface area (Å²) in [5.74, 6) is -0.448. The van der Waals surface area contributed by atoms with Crippen molar-refractivity contribution in [3.8, 4) is 0 Å². The van der Waals surface area contributed by atoms with Crippen LogP contribution in [0.15, 0.2) is 48.7 Å². The second-order valence-electron chi connectivity index (χ2n) is 5.26. The summed E-state index contributed by atoms with van der Waals surface area (Å²) >= 11 is 0. The van der Waals surface area contributed by atoms with E-state index >= 15 is 0 Å². The Hall–Kier alpha value is -1.78. The highest BCUT2D eigenvalue weighted by Crippen LogP contribution is 2.11. The molecule has 2 rings (SSSR count). The van der Waals surface area contributed by atoms with Crippen LogP contribution in [0.5, 0.6) is 0 Å². The lowest BCUT2D eigenvalue weighted by Gasteiger charge is -2.17. The average molecular weight is 288 g/mol. The van der Waals surface area contributed by atoms with Crippen molar-refractivity contribution < 1.29 is 9.50 Å². The van der Waals surface area contributed by atoms with Gasteiger partial charge in [-0.2, -0.15) is 4.39 Å². The van der Waals surface area contributed by atoms with Crippen LogP contribution in [0.4, 0.5) is 4.39 Å². The maximum Gasteiger partial charge on any atom is 0.212 e. The van der Waals surface area contributed by atoms with E-state index in [0.29, 0.717) is 6.54 Å². The van der Waals surface area contributed by atoms with Gasteiger partial charge < -0.3 is 10.4 Å². The number of aliphatic hydroxyl groups is 1. The van der Waals surface area contributed by atoms with Gasteiger partial charge in [-0.1, -0.05) is 36.4 Å². The van der Waals surface area contributed by atoms with Crippen LogP contribution in [0, 0.1) is 5.95 Å². The van der Waals surface area contributed by atoms with Gasteiger partial charge in [0, 0.05) is 18.8 Å². The molecular weight excluding hydrogens is 267 g/mol. The molecule has 0 aliphatic heterocycles. The molecule has 0 amide bonds. The van der Waals surface area contributed by atoms with Gasteiger partial charge in [0.1, 0.15) is 0 Å². The fourth-order valence-corrected chi connectivity index (χ4v) is 2.15. The first-order valence-electron chi connectivity index (χ1n) is 7.22. The van der Waals surface area contributed by atoms with E-state index in [2.05, 4.69) is 17.2 Å². The summed E-state index contributed by atoms with van der Waals surface area (Å²) < 4.78 is 12.7. The quantitative estimate of drug-likeness (QED) is 0.770. The molecule has 2 atom stereocenters. The van der Waals surface area contributed by atoms with Gasteiger partial charge in [-0.25, -0.2) is 4.98 Å². The van der Waals surface area contributed by atoms with E-state index in [-0.39, 0.29) is 6.04 Å². The van der Waals surface area contributed by atoms with Gasteiger partial charge >= 0.3 is 0 Å². The van der Waals surface area contributed by atoms with Crippen molar-refractivity contribution in [1.82, 2.24) is 10.3 Å². The SMILES string of the molecule is CC(CCc1ccc(F)nc1)NCC(O)c1ccccc1. The molecule has 0 aliphatic carbocycles. The second kappa shape index (κ2) is 7.86. The number of halogens is 1. The fraction of sp³-hybridized carbons (Fsp3) is 0.353. The molecule has 0 spiro atoms. The van der Waals surface area contributed by atoms with Crippen LogP contribution in [0.2, 0.25) is 0 Å². The smallest absolute Gasteiger partial charge is 0.212 e. The highest BCUT2D eigenvalue weighted by molar-refractivity contribution is 5.17. The Morgan fingerprint density at radius 3 is 2.62 bits per heavy atom. The van der Waals surface area contributed by atoms with Gasteiger partial charge in [0.05, 0.1) is 6.10 Å². The zero-order valence-electron chi connectivity index (χ0n) is 12.2. The van der Waals surface area contributed by atoms with E-state index in [0.717, 1.165) is 24.0 Å². The summed E-state index contributed by atoms with van der Waals surface area (Å²) in [6, 6.07) is 13.0. The van der Waals surface area contributed by atoms with Crippen molar-refractivity contribution >= 4 is 0 Å². The minimum absolute atomic E-state index is 0.272. The number of benzene rings is 1. The van der Waals surface area contributed by atoms with Crippen LogP contribution in [-0.2, 0) is 6.42 Å². The molecule has 2 N–H and O–H groups in total. The lowest BCUT2D eigenvalue weighted by Crippen LogP contribution is -2.30. The van der Waals surface area contributed by atoms with Gasteiger partial charge in [0.15, 0.2) is 0 Å². The Morgan fingerprint density at radius 2 is 1.95 bits per heavy atom. The van der Waals surface area contributed by atoms with E-state index in [1.165, 1.54) is 6.07 Å². The summed E-state index contributed by atoms with van der Waals surface area (Å²) in [7, 11) is 0. The zero-order chi connectivity index (χ0) is 15.1. The minimum Gasteiger partial charge on any atom is -0.387 e. The molecule has 4 heteroatoms. The Bertz CT molecular complexity index is 530. The first kappa shape index (κ1) is 15.6. The third kappa shape index (κ3) is 5.25. The third-order valence-corrected chi connectivity index (χ3v) is 3.50. The van der Waals surface area contributed by atoms with Gasteiger partial charge in [0.25, 0.3) is 0 Å². The molecule has 1 heterocycles. The van der Waals surface area contributed by atoms with Gasteiger partial charge in [-0.05, 0) is 37.0 Å². The summed E-state index contributed by atoms with van der Waals surface area (Å²) in [5.41, 5.74) is 1.94. The zero-order valence-corrected chi connectivity index (χ0v) is 12.2. The van der Waals surface area contributed by atoms with Crippen LogP contribution < -0.4 is 5.32 Å². The number of pyridine rings is 1. The highest BCUT2D eigenvalue weighted by atomic mass is 19.1. The highest BCUT2D eigenvalue weighted by Gasteiger charge is 2.09. The van der Waals surface area contributed by atoms with E-state index < -0.39 is 12.1 Å². The van der Waals surface area contributed by atoms with Gasteiger partial charge in [-0.3, -0.25) is 0 Å². The average Bonchev–Trinajstić information content (AvgIpc) is 2.53. The van der Waals surface area contributed by atoms with Crippen LogP contribution >= 0.6 is 0 Å². The van der Waals surface area contributed by atoms with Gasteiger partial charge in [-0.15, -0.1) is 0 Å². The number of aromatic nitrogens is 1. The second-order valence-corrected chi connectivity index (χ2v) is 5.26. The van der Waals surface area contributed by atoms with Crippen molar-refractivity contribution in [3.05, 3.63) is 65.7 Å². The summed E-state index contributed by atoms with van der Waals surface area (Å²) in [6.45, 7) is 2.60. The molecular formula is C17H21FN2O. The number of hydrogen-bond acceptors (Lipinski definition) is 3. The minimum atomic E-state index is -0.499. The van der Waals surface area contributed by atoms with Gasteiger partial charge in [0.2, 0.25) is 5.95 Å². The number of nitrogens with zero attached hydrogens (tertiary/aromatic N) is 1. The van der Waals surface area contributed by atoms with Crippen molar-refractivity contribution in [1.29, 1.82) is 0 Å². The number of hydrogen-bond donors (Lipinski definition) is 2. The standard InChI is InChI=1S/C17H21FN2O/c1-13(7-8-14-9-10-17(18)20-11-14)19-12-16(21)15-5-3-2-4-6-15/h2-6,9-11,13,16,19,21H,7-8,12H2,1H3. The summed E-state index contributed by atoms with van der Waals surface area (Å²) in [6.07, 6.45) is 2.82. The van der Waals surface area contributed by atoms with Crippen molar-refractivity contribution in [2.24, 2.45) is 0 Å². The number of rotatable bonds is 7. The van der Waals surface area contributed by atoms with Crippen LogP contribution in [0.3, 0.4) is 0 Å². The lowest BCUT2D eigenvalue weighted by molar-refractivity contribution is 0.170. The predicted molar refractivity (Wildman–Crippen MR) is 81.4 cm³/mol. The summed E-state index contributed by atoms with van der Waals surface area (Å²) in [5, 5.41) is 13.4. The van der Waals surface area contributed by atoms with Crippen molar-refractivity contribution in [3.63, 3.8) is 0 Å². The van der Waals surface area contributed by atoms with Crippen molar-refractivity contribution in [2.45, 2.75) is 31.9 Å². The van der Waals surface area contributed by atoms with E-state index in [1.807, 2.05) is 30.3 Å². The number of nitrogens with one attached hydrogen (secondary N) is 1. The van der Waals surface area contributed by atoms with Crippen LogP contribution in [0.1, 0.15) is 30.6 Å². The van der Waals surface area contributed by atoms with Crippen molar-refractivity contribution in [2.75, 3.05) is 6.54 Å². The lowest BCUT2D eigenvalue weighted by atomic mass is 10.1. The van der Waals surface area contributed by atoms with E-state index in [9.17, 15) is 9.50 Å². The Kier molecular flexibility index (Phi) is 5.84. The molecule has 0 saturated heterocycles. The number of aryl methyl sites for hydroxylation is 1. The molecule has 0 saturated carbocycles. The Balaban J connectivity index is 1.72. The molecule has 0 aliphatic rings. The number of aliphatic hydroxyl groups excluding tert-OH is 1. The maximum absolute atomic E-state index is 12.7. The monoisotopic (exact) mass is 288 g/mol. The predicted octanol–water partition coefficient (Wildman–Crippen LogP) is 2.87. The topological polar surface area (TPSA) is 45.2 Å². The first-order valence-corrected chi connectivity index (χ1v) is 7.22. The van der Waals surface area contributed by atoms with Crippen LogP contribution in [0.25, 0.3) is 0 Å². The molecule has 0 fully saturated rings. The molecule has 21 heavy (non-hydrogen) atoms. The molecule has 1 aromatic heterocycles. The largest absolute Gasteiger partial charge is 0.387 e. The fourth-order valence-electron chi connectivity index (χ4n) is 2.15. The normalized spacial score (nSPS) is 13.9. The Morgan fingerprint density at radius 1 is 1.19 bits per heavy atom. The molecule has 0 radical (unpaired) electrons. The third-order valence-electron chi connectivity index (χ3n) is 3.50. The van der Waals surface area contributed by atoms with E-state index in [4.69, 9.17) is 0 Å².